The molecule has 0 saturated heterocycles. The first-order chi connectivity index (χ1) is 12.0. The minimum absolute atomic E-state index is 0.0892. The third kappa shape index (κ3) is 4.99. The van der Waals surface area contributed by atoms with Gasteiger partial charge in [0.2, 0.25) is 0 Å². The van der Waals surface area contributed by atoms with E-state index in [4.69, 9.17) is 4.74 Å². The molecule has 1 atom stereocenters. The van der Waals surface area contributed by atoms with Gasteiger partial charge in [-0.1, -0.05) is 62.9 Å². The molecule has 2 rings (SSSR count). The van der Waals surface area contributed by atoms with Gasteiger partial charge in [0.15, 0.2) is 11.5 Å². The second kappa shape index (κ2) is 9.11. The topological polar surface area (TPSA) is 66.8 Å². The lowest BCUT2D eigenvalue weighted by Gasteiger charge is -2.17. The van der Waals surface area contributed by atoms with Crippen molar-refractivity contribution in [2.24, 2.45) is 0 Å². The highest BCUT2D eigenvalue weighted by atomic mass is 16.5. The first-order valence-electron chi connectivity index (χ1n) is 8.82. The molecule has 0 aliphatic carbocycles. The number of hydrogen-bond donors (Lipinski definition) is 2. The molecule has 0 aliphatic heterocycles. The Morgan fingerprint density at radius 2 is 1.76 bits per heavy atom. The number of unbranched alkanes of at least 4 members (excludes halogenated alkanes) is 3. The predicted octanol–water partition coefficient (Wildman–Crippen LogP) is 5.63. The van der Waals surface area contributed by atoms with Crippen LogP contribution in [0.1, 0.15) is 56.1 Å². The van der Waals surface area contributed by atoms with Crippen molar-refractivity contribution in [3.05, 3.63) is 53.6 Å². The average Bonchev–Trinajstić information content (AvgIpc) is 2.59. The maximum Gasteiger partial charge on any atom is 0.311 e. The zero-order chi connectivity index (χ0) is 18.2. The molecule has 134 valence electrons. The molecular formula is C21H26O4. The van der Waals surface area contributed by atoms with Crippen LogP contribution in [0.2, 0.25) is 0 Å². The molecule has 0 saturated carbocycles. The maximum absolute atomic E-state index is 11.7. The molecule has 4 nitrogen and oxygen atoms in total. The summed E-state index contributed by atoms with van der Waals surface area (Å²) in [6.07, 6.45) is 4.53. The average molecular weight is 342 g/mol. The van der Waals surface area contributed by atoms with Crippen molar-refractivity contribution < 1.29 is 19.7 Å². The molecule has 0 spiro atoms. The minimum Gasteiger partial charge on any atom is -0.504 e. The normalized spacial score (nSPS) is 11.9. The first-order valence-corrected chi connectivity index (χ1v) is 8.82. The van der Waals surface area contributed by atoms with Crippen LogP contribution < -0.4 is 4.74 Å². The predicted molar refractivity (Wildman–Crippen MR) is 98.5 cm³/mol. The van der Waals surface area contributed by atoms with Crippen LogP contribution in [0.5, 0.6) is 17.2 Å². The standard InChI is InChI=1S/C21H26O4/c1-3-4-5-6-11-17(21(23)24)16-12-9-14-19(20(16)22)25-18-13-8-7-10-15(18)2/h7-10,12-14,17,22H,3-6,11H2,1-2H3,(H,23,24). The Kier molecular flexibility index (Phi) is 6.87. The molecule has 0 fully saturated rings. The number of phenols is 1. The molecular weight excluding hydrogens is 316 g/mol. The second-order valence-electron chi connectivity index (χ2n) is 6.30. The van der Waals surface area contributed by atoms with Crippen LogP contribution in [0, 0.1) is 6.92 Å². The lowest BCUT2D eigenvalue weighted by molar-refractivity contribution is -0.139. The highest BCUT2D eigenvalue weighted by Gasteiger charge is 2.24. The largest absolute Gasteiger partial charge is 0.504 e. The molecule has 2 aromatic carbocycles. The summed E-state index contributed by atoms with van der Waals surface area (Å²) in [6, 6.07) is 12.6. The number of benzene rings is 2. The zero-order valence-electron chi connectivity index (χ0n) is 14.9. The Balaban J connectivity index is 2.22. The van der Waals surface area contributed by atoms with E-state index in [-0.39, 0.29) is 11.5 Å². The van der Waals surface area contributed by atoms with Crippen LogP contribution in [0.3, 0.4) is 0 Å². The van der Waals surface area contributed by atoms with Gasteiger partial charge in [0.25, 0.3) is 0 Å². The van der Waals surface area contributed by atoms with Crippen molar-refractivity contribution in [1.82, 2.24) is 0 Å². The molecule has 0 heterocycles. The molecule has 0 aromatic heterocycles. The van der Waals surface area contributed by atoms with E-state index < -0.39 is 11.9 Å². The summed E-state index contributed by atoms with van der Waals surface area (Å²) in [7, 11) is 0. The van der Waals surface area contributed by atoms with Gasteiger partial charge in [0.05, 0.1) is 5.92 Å². The zero-order valence-corrected chi connectivity index (χ0v) is 14.9. The molecule has 0 amide bonds. The Morgan fingerprint density at radius 3 is 2.44 bits per heavy atom. The van der Waals surface area contributed by atoms with Gasteiger partial charge in [-0.15, -0.1) is 0 Å². The Hall–Kier alpha value is -2.49. The molecule has 0 radical (unpaired) electrons. The summed E-state index contributed by atoms with van der Waals surface area (Å²) >= 11 is 0. The van der Waals surface area contributed by atoms with Crippen molar-refractivity contribution >= 4 is 5.97 Å². The molecule has 4 heteroatoms. The van der Waals surface area contributed by atoms with E-state index in [0.29, 0.717) is 17.7 Å². The number of rotatable bonds is 9. The van der Waals surface area contributed by atoms with Crippen LogP contribution in [-0.2, 0) is 4.79 Å². The van der Waals surface area contributed by atoms with E-state index in [1.165, 1.54) is 0 Å². The van der Waals surface area contributed by atoms with E-state index >= 15 is 0 Å². The molecule has 0 aliphatic rings. The number of ether oxygens (including phenoxy) is 1. The fourth-order valence-electron chi connectivity index (χ4n) is 2.88. The van der Waals surface area contributed by atoms with Gasteiger partial charge in [-0.05, 0) is 31.0 Å². The summed E-state index contributed by atoms with van der Waals surface area (Å²) in [4.78, 5) is 11.7. The van der Waals surface area contributed by atoms with Gasteiger partial charge in [-0.25, -0.2) is 0 Å². The van der Waals surface area contributed by atoms with Crippen molar-refractivity contribution in [2.75, 3.05) is 0 Å². The summed E-state index contributed by atoms with van der Waals surface area (Å²) in [5.74, 6) is -0.804. The van der Waals surface area contributed by atoms with E-state index in [1.54, 1.807) is 18.2 Å². The van der Waals surface area contributed by atoms with Crippen molar-refractivity contribution in [2.45, 2.75) is 51.9 Å². The third-order valence-electron chi connectivity index (χ3n) is 4.36. The molecule has 2 aromatic rings. The van der Waals surface area contributed by atoms with Gasteiger partial charge in [0.1, 0.15) is 5.75 Å². The summed E-state index contributed by atoms with van der Waals surface area (Å²) in [5, 5.41) is 20.2. The number of hydrogen-bond acceptors (Lipinski definition) is 3. The first kappa shape index (κ1) is 18.8. The third-order valence-corrected chi connectivity index (χ3v) is 4.36. The molecule has 2 N–H and O–H groups in total. The Labute approximate surface area is 149 Å². The van der Waals surface area contributed by atoms with E-state index in [2.05, 4.69) is 6.92 Å². The summed E-state index contributed by atoms with van der Waals surface area (Å²) in [6.45, 7) is 4.04. The van der Waals surface area contributed by atoms with Gasteiger partial charge in [-0.3, -0.25) is 4.79 Å². The van der Waals surface area contributed by atoms with Gasteiger partial charge in [-0.2, -0.15) is 0 Å². The number of aromatic hydroxyl groups is 1. The molecule has 1 unspecified atom stereocenters. The maximum atomic E-state index is 11.7. The van der Waals surface area contributed by atoms with Crippen LogP contribution in [0.15, 0.2) is 42.5 Å². The second-order valence-corrected chi connectivity index (χ2v) is 6.30. The minimum atomic E-state index is -0.917. The fourth-order valence-corrected chi connectivity index (χ4v) is 2.88. The van der Waals surface area contributed by atoms with Crippen LogP contribution in [0.4, 0.5) is 0 Å². The number of aryl methyl sites for hydroxylation is 1. The number of carboxylic acid groups (broad SMARTS) is 1. The van der Waals surface area contributed by atoms with Gasteiger partial charge in [0, 0.05) is 5.56 Å². The summed E-state index contributed by atoms with van der Waals surface area (Å²) < 4.78 is 5.81. The number of phenolic OH excluding ortho intramolecular Hbond substituents is 1. The number of carbonyl (C=O) groups is 1. The van der Waals surface area contributed by atoms with Crippen LogP contribution >= 0.6 is 0 Å². The molecule has 25 heavy (non-hydrogen) atoms. The SMILES string of the molecule is CCCCCCC(C(=O)O)c1cccc(Oc2ccccc2C)c1O. The van der Waals surface area contributed by atoms with Crippen LogP contribution in [-0.4, -0.2) is 16.2 Å². The number of aliphatic carboxylic acids is 1. The van der Waals surface area contributed by atoms with E-state index in [1.807, 2.05) is 31.2 Å². The highest BCUT2D eigenvalue weighted by molar-refractivity contribution is 5.77. The Morgan fingerprint density at radius 1 is 1.04 bits per heavy atom. The van der Waals surface area contributed by atoms with Crippen molar-refractivity contribution in [3.63, 3.8) is 0 Å². The lowest BCUT2D eigenvalue weighted by Crippen LogP contribution is -2.12. The fraction of sp³-hybridized carbons (Fsp3) is 0.381. The van der Waals surface area contributed by atoms with E-state index in [0.717, 1.165) is 31.2 Å². The Bertz CT molecular complexity index is 709. The quantitative estimate of drug-likeness (QED) is 0.579. The monoisotopic (exact) mass is 342 g/mol. The number of carboxylic acids is 1. The van der Waals surface area contributed by atoms with Gasteiger partial charge < -0.3 is 14.9 Å². The lowest BCUT2D eigenvalue weighted by atomic mass is 9.92. The van der Waals surface area contributed by atoms with Crippen molar-refractivity contribution in [3.8, 4) is 17.2 Å². The van der Waals surface area contributed by atoms with Crippen molar-refractivity contribution in [1.29, 1.82) is 0 Å². The van der Waals surface area contributed by atoms with Crippen LogP contribution in [0.25, 0.3) is 0 Å². The summed E-state index contributed by atoms with van der Waals surface area (Å²) in [5.41, 5.74) is 1.36. The smallest absolute Gasteiger partial charge is 0.311 e. The number of para-hydroxylation sites is 2. The highest BCUT2D eigenvalue weighted by Crippen LogP contribution is 2.39. The molecule has 0 bridgehead atoms. The van der Waals surface area contributed by atoms with Gasteiger partial charge >= 0.3 is 5.97 Å². The van der Waals surface area contributed by atoms with E-state index in [9.17, 15) is 15.0 Å².